The first-order valence-corrected chi connectivity index (χ1v) is 9.24. The van der Waals surface area contributed by atoms with E-state index in [1.54, 1.807) is 6.07 Å². The fraction of sp³-hybridized carbons (Fsp3) is 0.632. The summed E-state index contributed by atoms with van der Waals surface area (Å²) < 4.78 is 19.8. The Labute approximate surface area is 173 Å². The second-order valence-electron chi connectivity index (χ2n) is 6.96. The second-order valence-corrected chi connectivity index (χ2v) is 6.96. The van der Waals surface area contributed by atoms with E-state index in [-0.39, 0.29) is 29.8 Å². The maximum atomic E-state index is 14.5. The Kier molecular flexibility index (Phi) is 8.40. The Morgan fingerprint density at radius 3 is 2.54 bits per heavy atom. The highest BCUT2D eigenvalue weighted by molar-refractivity contribution is 14.0. The van der Waals surface area contributed by atoms with E-state index < -0.39 is 0 Å². The van der Waals surface area contributed by atoms with E-state index in [1.807, 2.05) is 24.1 Å². The summed E-state index contributed by atoms with van der Waals surface area (Å²) in [5.74, 6) is 1.53. The van der Waals surface area contributed by atoms with Gasteiger partial charge in [-0.3, -0.25) is 4.99 Å². The van der Waals surface area contributed by atoms with Crippen molar-refractivity contribution in [3.05, 3.63) is 29.6 Å². The first-order valence-electron chi connectivity index (χ1n) is 9.24. The summed E-state index contributed by atoms with van der Waals surface area (Å²) in [6.45, 7) is 7.76. The van der Waals surface area contributed by atoms with Crippen molar-refractivity contribution in [2.24, 2.45) is 10.9 Å². The van der Waals surface area contributed by atoms with E-state index in [4.69, 9.17) is 4.74 Å². The van der Waals surface area contributed by atoms with E-state index in [1.165, 1.54) is 12.8 Å². The van der Waals surface area contributed by atoms with Gasteiger partial charge in [0, 0.05) is 39.8 Å². The summed E-state index contributed by atoms with van der Waals surface area (Å²) in [7, 11) is 1.81. The molecule has 1 aromatic carbocycles. The molecule has 0 unspecified atom stereocenters. The third-order valence-electron chi connectivity index (χ3n) is 5.11. The van der Waals surface area contributed by atoms with Gasteiger partial charge in [-0.05, 0) is 36.5 Å². The SMILES string of the molecule is CN=C(NCc1ccc(N2CCOCC2)c(F)c1)N1CCC(C)CC1.I. The van der Waals surface area contributed by atoms with Gasteiger partial charge >= 0.3 is 0 Å². The summed E-state index contributed by atoms with van der Waals surface area (Å²) in [6, 6.07) is 5.50. The van der Waals surface area contributed by atoms with Crippen LogP contribution in [0.1, 0.15) is 25.3 Å². The number of rotatable bonds is 3. The molecule has 0 radical (unpaired) electrons. The van der Waals surface area contributed by atoms with Crippen LogP contribution in [0.15, 0.2) is 23.2 Å². The molecule has 2 heterocycles. The smallest absolute Gasteiger partial charge is 0.193 e. The van der Waals surface area contributed by atoms with Crippen molar-refractivity contribution in [3.63, 3.8) is 0 Å². The van der Waals surface area contributed by atoms with Crippen LogP contribution in [0, 0.1) is 11.7 Å². The predicted molar refractivity (Wildman–Crippen MR) is 115 cm³/mol. The first-order chi connectivity index (χ1) is 12.2. The van der Waals surface area contributed by atoms with Gasteiger partial charge in [-0.1, -0.05) is 13.0 Å². The molecule has 3 rings (SSSR count). The molecule has 0 aliphatic carbocycles. The minimum atomic E-state index is -0.164. The molecule has 0 bridgehead atoms. The molecule has 5 nitrogen and oxygen atoms in total. The van der Waals surface area contributed by atoms with Crippen molar-refractivity contribution in [2.45, 2.75) is 26.3 Å². The highest BCUT2D eigenvalue weighted by Gasteiger charge is 2.19. The average Bonchev–Trinajstić information content (AvgIpc) is 2.64. The van der Waals surface area contributed by atoms with Gasteiger partial charge < -0.3 is 19.9 Å². The standard InChI is InChI=1S/C19H29FN4O.HI/c1-15-5-7-24(8-6-15)19(21-2)22-14-16-3-4-18(17(20)13-16)23-9-11-25-12-10-23;/h3-4,13,15H,5-12,14H2,1-2H3,(H,21,22);1H. The number of nitrogens with one attached hydrogen (secondary N) is 1. The lowest BCUT2D eigenvalue weighted by Gasteiger charge is -2.33. The molecule has 2 aliphatic heterocycles. The molecular weight excluding hydrogens is 446 g/mol. The molecule has 0 amide bonds. The average molecular weight is 476 g/mol. The Bertz CT molecular complexity index is 599. The molecule has 1 aromatic rings. The highest BCUT2D eigenvalue weighted by atomic mass is 127. The monoisotopic (exact) mass is 476 g/mol. The summed E-state index contributed by atoms with van der Waals surface area (Å²) in [5.41, 5.74) is 1.60. The van der Waals surface area contributed by atoms with Crippen molar-refractivity contribution < 1.29 is 9.13 Å². The summed E-state index contributed by atoms with van der Waals surface area (Å²) >= 11 is 0. The third kappa shape index (κ3) is 5.45. The number of hydrogen-bond acceptors (Lipinski definition) is 3. The van der Waals surface area contributed by atoms with Gasteiger partial charge in [0.1, 0.15) is 5.82 Å². The van der Waals surface area contributed by atoms with E-state index in [0.29, 0.717) is 25.4 Å². The van der Waals surface area contributed by atoms with Crippen molar-refractivity contribution in [1.29, 1.82) is 0 Å². The second kappa shape index (κ2) is 10.3. The molecule has 2 fully saturated rings. The molecular formula is C19H30FIN4O. The molecule has 0 saturated carbocycles. The number of anilines is 1. The largest absolute Gasteiger partial charge is 0.378 e. The summed E-state index contributed by atoms with van der Waals surface area (Å²) in [5, 5.41) is 3.37. The number of halogens is 2. The molecule has 7 heteroatoms. The number of guanidine groups is 1. The summed E-state index contributed by atoms with van der Waals surface area (Å²) in [4.78, 5) is 8.72. The van der Waals surface area contributed by atoms with Crippen LogP contribution in [0.25, 0.3) is 0 Å². The van der Waals surface area contributed by atoms with Crippen LogP contribution in [-0.4, -0.2) is 57.3 Å². The zero-order valence-electron chi connectivity index (χ0n) is 15.7. The van der Waals surface area contributed by atoms with Crippen molar-refractivity contribution in [3.8, 4) is 0 Å². The minimum Gasteiger partial charge on any atom is -0.378 e. The normalized spacial score (nSPS) is 19.3. The number of benzene rings is 1. The van der Waals surface area contributed by atoms with Crippen LogP contribution in [-0.2, 0) is 11.3 Å². The van der Waals surface area contributed by atoms with Gasteiger partial charge in [0.15, 0.2) is 5.96 Å². The van der Waals surface area contributed by atoms with Crippen LogP contribution in [0.2, 0.25) is 0 Å². The lowest BCUT2D eigenvalue weighted by Crippen LogP contribution is -2.45. The maximum absolute atomic E-state index is 14.5. The number of piperidine rings is 1. The molecule has 2 aliphatic rings. The number of morpholine rings is 1. The fourth-order valence-electron chi connectivity index (χ4n) is 3.45. The molecule has 0 spiro atoms. The first kappa shape index (κ1) is 21.2. The van der Waals surface area contributed by atoms with Gasteiger partial charge in [-0.15, -0.1) is 24.0 Å². The Morgan fingerprint density at radius 1 is 1.23 bits per heavy atom. The number of nitrogens with zero attached hydrogens (tertiary/aromatic N) is 3. The molecule has 1 N–H and O–H groups in total. The number of likely N-dealkylation sites (tertiary alicyclic amines) is 1. The number of ether oxygens (including phenoxy) is 1. The van der Waals surface area contributed by atoms with Gasteiger partial charge in [-0.2, -0.15) is 0 Å². The lowest BCUT2D eigenvalue weighted by molar-refractivity contribution is 0.122. The Morgan fingerprint density at radius 2 is 1.92 bits per heavy atom. The zero-order chi connectivity index (χ0) is 17.6. The Hall–Kier alpha value is -1.09. The van der Waals surface area contributed by atoms with E-state index >= 15 is 0 Å². The predicted octanol–water partition coefficient (Wildman–Crippen LogP) is 3.09. The molecule has 0 aromatic heterocycles. The van der Waals surface area contributed by atoms with Gasteiger partial charge in [0.2, 0.25) is 0 Å². The quantitative estimate of drug-likeness (QED) is 0.414. The van der Waals surface area contributed by atoms with Crippen LogP contribution in [0.4, 0.5) is 10.1 Å². The van der Waals surface area contributed by atoms with E-state index in [2.05, 4.69) is 22.1 Å². The Balaban J connectivity index is 0.00000243. The lowest BCUT2D eigenvalue weighted by atomic mass is 9.99. The van der Waals surface area contributed by atoms with Crippen LogP contribution >= 0.6 is 24.0 Å². The topological polar surface area (TPSA) is 40.1 Å². The fourth-order valence-corrected chi connectivity index (χ4v) is 3.45. The van der Waals surface area contributed by atoms with E-state index in [9.17, 15) is 4.39 Å². The van der Waals surface area contributed by atoms with Crippen molar-refractivity contribution in [2.75, 3.05) is 51.3 Å². The van der Waals surface area contributed by atoms with Gasteiger partial charge in [-0.25, -0.2) is 4.39 Å². The number of aliphatic imine (C=N–C) groups is 1. The third-order valence-corrected chi connectivity index (χ3v) is 5.11. The summed E-state index contributed by atoms with van der Waals surface area (Å²) in [6.07, 6.45) is 2.40. The van der Waals surface area contributed by atoms with E-state index in [0.717, 1.165) is 43.6 Å². The minimum absolute atomic E-state index is 0. The molecule has 26 heavy (non-hydrogen) atoms. The van der Waals surface area contributed by atoms with Crippen LogP contribution in [0.3, 0.4) is 0 Å². The van der Waals surface area contributed by atoms with Gasteiger partial charge in [0.05, 0.1) is 18.9 Å². The molecule has 0 atom stereocenters. The highest BCUT2D eigenvalue weighted by Crippen LogP contribution is 2.22. The van der Waals surface area contributed by atoms with Crippen LogP contribution in [0.5, 0.6) is 0 Å². The van der Waals surface area contributed by atoms with Crippen molar-refractivity contribution in [1.82, 2.24) is 10.2 Å². The maximum Gasteiger partial charge on any atom is 0.193 e. The molecule has 146 valence electrons. The zero-order valence-corrected chi connectivity index (χ0v) is 18.0. The van der Waals surface area contributed by atoms with Crippen LogP contribution < -0.4 is 10.2 Å². The van der Waals surface area contributed by atoms with Crippen molar-refractivity contribution >= 4 is 35.6 Å². The number of hydrogen-bond donors (Lipinski definition) is 1. The molecule has 2 saturated heterocycles. The van der Waals surface area contributed by atoms with Gasteiger partial charge in [0.25, 0.3) is 0 Å².